The molecular formula is C69H121N2O7P. The van der Waals surface area contributed by atoms with Crippen molar-refractivity contribution in [1.82, 2.24) is 5.32 Å². The van der Waals surface area contributed by atoms with Crippen LogP contribution in [0.25, 0.3) is 0 Å². The number of unbranched alkanes of at least 4 members (excludes halogenated alkanes) is 30. The second kappa shape index (κ2) is 57.9. The van der Waals surface area contributed by atoms with Gasteiger partial charge in [0.05, 0.1) is 33.8 Å². The van der Waals surface area contributed by atoms with Gasteiger partial charge in [-0.2, -0.15) is 0 Å². The summed E-state index contributed by atoms with van der Waals surface area (Å²) < 4.78 is 30.3. The second-order valence-corrected chi connectivity index (χ2v) is 24.1. The highest BCUT2D eigenvalue weighted by Crippen LogP contribution is 2.38. The largest absolute Gasteiger partial charge is 0.756 e. The molecule has 0 aliphatic carbocycles. The normalized spacial score (nSPS) is 14.4. The molecule has 0 aliphatic rings. The maximum atomic E-state index is 13.6. The van der Waals surface area contributed by atoms with Gasteiger partial charge in [-0.05, 0) is 83.1 Å². The molecule has 10 heteroatoms. The Bertz CT molecular complexity index is 1720. The van der Waals surface area contributed by atoms with E-state index in [1.807, 2.05) is 94.1 Å². The van der Waals surface area contributed by atoms with E-state index < -0.39 is 26.6 Å². The van der Waals surface area contributed by atoms with Gasteiger partial charge in [0, 0.05) is 12.8 Å². The predicted molar refractivity (Wildman–Crippen MR) is 339 cm³/mol. The zero-order valence-electron chi connectivity index (χ0n) is 51.8. The molecule has 3 unspecified atom stereocenters. The van der Waals surface area contributed by atoms with Crippen molar-refractivity contribution in [1.29, 1.82) is 0 Å². The Kier molecular flexibility index (Phi) is 55.4. The third-order valence-electron chi connectivity index (χ3n) is 13.8. The smallest absolute Gasteiger partial charge is 0.306 e. The maximum Gasteiger partial charge on any atom is 0.306 e. The average Bonchev–Trinajstić information content (AvgIpc) is 3.41. The van der Waals surface area contributed by atoms with Gasteiger partial charge in [0.2, 0.25) is 5.91 Å². The number of carbonyl (C=O) groups is 2. The first-order chi connectivity index (χ1) is 38.4. The van der Waals surface area contributed by atoms with Crippen LogP contribution in [0.2, 0.25) is 0 Å². The minimum atomic E-state index is -4.72. The summed E-state index contributed by atoms with van der Waals surface area (Å²) in [6.07, 6.45) is 79.1. The van der Waals surface area contributed by atoms with Gasteiger partial charge in [-0.3, -0.25) is 14.2 Å². The molecule has 0 saturated heterocycles. The minimum absolute atomic E-state index is 0.0350. The summed E-state index contributed by atoms with van der Waals surface area (Å²) in [5.74, 6) is -0.594. The first-order valence-corrected chi connectivity index (χ1v) is 33.7. The van der Waals surface area contributed by atoms with Crippen molar-refractivity contribution in [2.24, 2.45) is 0 Å². The summed E-state index contributed by atoms with van der Waals surface area (Å²) >= 11 is 0. The number of rotatable bonds is 57. The molecule has 0 rings (SSSR count). The van der Waals surface area contributed by atoms with Crippen LogP contribution in [0, 0.1) is 0 Å². The van der Waals surface area contributed by atoms with E-state index >= 15 is 0 Å². The number of likely N-dealkylation sites (N-methyl/N-ethyl adjacent to an activating group) is 1. The summed E-state index contributed by atoms with van der Waals surface area (Å²) in [5, 5.41) is 3.02. The molecule has 0 bridgehead atoms. The summed E-state index contributed by atoms with van der Waals surface area (Å²) in [6.45, 7) is 6.65. The summed E-state index contributed by atoms with van der Waals surface area (Å²) in [5.41, 5.74) is 0. The number of carbonyl (C=O) groups excluding carboxylic acids is 2. The number of allylic oxidation sites excluding steroid dienone is 17. The molecular weight excluding hydrogens is 1000 g/mol. The fraction of sp³-hybridized carbons (Fsp3) is 0.710. The van der Waals surface area contributed by atoms with E-state index in [-0.39, 0.29) is 24.9 Å². The number of ether oxygens (including phenoxy) is 1. The molecule has 9 nitrogen and oxygen atoms in total. The van der Waals surface area contributed by atoms with Crippen molar-refractivity contribution < 1.29 is 37.3 Å². The Hall–Kier alpha value is -3.33. The van der Waals surface area contributed by atoms with Gasteiger partial charge in [-0.15, -0.1) is 0 Å². The fourth-order valence-corrected chi connectivity index (χ4v) is 9.60. The molecule has 0 aromatic heterocycles. The van der Waals surface area contributed by atoms with E-state index in [1.165, 1.54) is 148 Å². The average molecular weight is 1120 g/mol. The van der Waals surface area contributed by atoms with E-state index in [9.17, 15) is 19.0 Å². The third-order valence-corrected chi connectivity index (χ3v) is 14.8. The van der Waals surface area contributed by atoms with Crippen molar-refractivity contribution in [3.8, 4) is 0 Å². The highest BCUT2D eigenvalue weighted by Gasteiger charge is 2.27. The molecule has 1 amide bonds. The second-order valence-electron chi connectivity index (χ2n) is 22.7. The van der Waals surface area contributed by atoms with Crippen molar-refractivity contribution in [3.05, 3.63) is 109 Å². The molecule has 0 aromatic rings. The third kappa shape index (κ3) is 59.1. The number of phosphoric acid groups is 1. The molecule has 0 radical (unpaired) electrons. The van der Waals surface area contributed by atoms with Crippen LogP contribution in [-0.2, 0) is 27.9 Å². The van der Waals surface area contributed by atoms with Crippen LogP contribution in [0.3, 0.4) is 0 Å². The first kappa shape index (κ1) is 75.7. The van der Waals surface area contributed by atoms with Crippen LogP contribution in [0.15, 0.2) is 109 Å². The Morgan fingerprint density at radius 2 is 0.861 bits per heavy atom. The number of nitrogens with zero attached hydrogens (tertiary/aromatic N) is 1. The SMILES string of the molecule is CC\C=C/C=C/C=C/C=C\C=C\C=C\CCCCCC(=O)OC(/C=C\CCCCCCCCCCCCC)C(COP(=O)([O-])OCC[N+](C)(C)C)NC(=O)CCCCCCCCCCCCCCC/C=C\C/C=C\CCCCC. The lowest BCUT2D eigenvalue weighted by atomic mass is 10.0. The van der Waals surface area contributed by atoms with E-state index in [2.05, 4.69) is 62.5 Å². The Morgan fingerprint density at radius 3 is 1.35 bits per heavy atom. The number of phosphoric ester groups is 1. The quantitative estimate of drug-likeness (QED) is 0.0161. The minimum Gasteiger partial charge on any atom is -0.756 e. The van der Waals surface area contributed by atoms with Crippen LogP contribution in [0.5, 0.6) is 0 Å². The summed E-state index contributed by atoms with van der Waals surface area (Å²) in [7, 11) is 1.15. The zero-order chi connectivity index (χ0) is 57.9. The topological polar surface area (TPSA) is 114 Å². The van der Waals surface area contributed by atoms with Gasteiger partial charge in [0.1, 0.15) is 19.3 Å². The van der Waals surface area contributed by atoms with Crippen molar-refractivity contribution in [2.45, 2.75) is 277 Å². The van der Waals surface area contributed by atoms with Crippen molar-refractivity contribution in [2.75, 3.05) is 40.9 Å². The molecule has 0 aliphatic heterocycles. The van der Waals surface area contributed by atoms with Crippen LogP contribution < -0.4 is 10.2 Å². The Labute approximate surface area is 487 Å². The molecule has 454 valence electrons. The number of esters is 1. The monoisotopic (exact) mass is 1120 g/mol. The lowest BCUT2D eigenvalue weighted by molar-refractivity contribution is -0.870. The summed E-state index contributed by atoms with van der Waals surface area (Å²) in [4.78, 5) is 40.1. The van der Waals surface area contributed by atoms with Crippen LogP contribution in [0.1, 0.15) is 265 Å². The molecule has 3 atom stereocenters. The molecule has 0 spiro atoms. The number of quaternary nitrogens is 1. The van der Waals surface area contributed by atoms with E-state index in [1.54, 1.807) is 0 Å². The van der Waals surface area contributed by atoms with Crippen LogP contribution >= 0.6 is 7.82 Å². The lowest BCUT2D eigenvalue weighted by Crippen LogP contribution is -2.47. The Balaban J connectivity index is 5.27. The molecule has 0 aromatic carbocycles. The molecule has 1 N–H and O–H groups in total. The lowest BCUT2D eigenvalue weighted by Gasteiger charge is -2.30. The summed E-state index contributed by atoms with van der Waals surface area (Å²) in [6, 6.07) is -0.914. The zero-order valence-corrected chi connectivity index (χ0v) is 52.7. The highest BCUT2D eigenvalue weighted by molar-refractivity contribution is 7.45. The van der Waals surface area contributed by atoms with E-state index in [4.69, 9.17) is 13.8 Å². The molecule has 0 fully saturated rings. The Morgan fingerprint density at radius 1 is 0.468 bits per heavy atom. The van der Waals surface area contributed by atoms with E-state index in [0.29, 0.717) is 23.9 Å². The van der Waals surface area contributed by atoms with E-state index in [0.717, 1.165) is 77.0 Å². The predicted octanol–water partition coefficient (Wildman–Crippen LogP) is 19.5. The number of hydrogen-bond donors (Lipinski definition) is 1. The number of nitrogens with one attached hydrogen (secondary N) is 1. The fourth-order valence-electron chi connectivity index (χ4n) is 8.88. The molecule has 0 saturated carbocycles. The van der Waals surface area contributed by atoms with Gasteiger partial charge < -0.3 is 28.5 Å². The maximum absolute atomic E-state index is 13.6. The number of hydrogen-bond acceptors (Lipinski definition) is 7. The van der Waals surface area contributed by atoms with Crippen molar-refractivity contribution in [3.63, 3.8) is 0 Å². The number of amides is 1. The highest BCUT2D eigenvalue weighted by atomic mass is 31.2. The standard InChI is InChI=1S/C69H121N2O7P/c1-7-10-13-16-19-22-25-28-30-32-33-34-35-36-37-39-40-43-46-49-52-55-58-61-68(72)70-66(65-77-79(74,75)76-64-63-71(4,5)6)67(60-57-54-51-48-45-42-27-24-21-18-15-12-9-3)78-69(73)62-59-56-53-50-47-44-41-38-31-29-26-23-20-17-14-11-8-2/h11,14,17,19-20,22-23,26,28-31,38,41,44,47,57,60,66-67H,7-10,12-13,15-16,18,21,24-25,27,32-37,39-40,42-43,45-46,48-56,58-59,61-65H2,1-6H3,(H-,70,72,74,75)/b14-11-,20-17+,22-19-,26-23+,30-28-,31-29-,41-38+,47-44+,60-57-. The van der Waals surface area contributed by atoms with Crippen LogP contribution in [0.4, 0.5) is 0 Å². The van der Waals surface area contributed by atoms with Gasteiger partial charge >= 0.3 is 5.97 Å². The van der Waals surface area contributed by atoms with Gasteiger partial charge in [0.15, 0.2) is 0 Å². The van der Waals surface area contributed by atoms with Gasteiger partial charge in [0.25, 0.3) is 7.82 Å². The first-order valence-electron chi connectivity index (χ1n) is 32.3. The molecule has 0 heterocycles. The van der Waals surface area contributed by atoms with Gasteiger partial charge in [-0.25, -0.2) is 0 Å². The van der Waals surface area contributed by atoms with Crippen LogP contribution in [-0.4, -0.2) is 69.4 Å². The van der Waals surface area contributed by atoms with Gasteiger partial charge in [-0.1, -0.05) is 278 Å². The molecule has 79 heavy (non-hydrogen) atoms. The van der Waals surface area contributed by atoms with Crippen molar-refractivity contribution >= 4 is 19.7 Å².